The molecule has 0 saturated carbocycles. The first-order valence-electron chi connectivity index (χ1n) is 9.50. The fourth-order valence-electron chi connectivity index (χ4n) is 3.93. The largest absolute Gasteiger partial charge is 0.418 e. The minimum Gasteiger partial charge on any atom is -0.354 e. The fraction of sp³-hybridized carbons (Fsp3) is 0.217. The lowest BCUT2D eigenvalue weighted by molar-refractivity contribution is -0.136. The molecule has 0 radical (unpaired) electrons. The van der Waals surface area contributed by atoms with Crippen LogP contribution in [0, 0.1) is 0 Å². The zero-order chi connectivity index (χ0) is 20.6. The van der Waals surface area contributed by atoms with Crippen LogP contribution in [0.25, 0.3) is 32.9 Å². The first kappa shape index (κ1) is 19.8. The number of aromatic amines is 1. The number of hydrogen-bond acceptors (Lipinski definition) is 1. The Bertz CT molecular complexity index is 1170. The molecule has 0 fully saturated rings. The highest BCUT2D eigenvalue weighted by molar-refractivity contribution is 6.36. The summed E-state index contributed by atoms with van der Waals surface area (Å²) < 4.78 is 41.0. The van der Waals surface area contributed by atoms with Crippen molar-refractivity contribution in [3.63, 3.8) is 0 Å². The van der Waals surface area contributed by atoms with Crippen molar-refractivity contribution < 1.29 is 13.2 Å². The predicted octanol–water partition coefficient (Wildman–Crippen LogP) is 6.94. The van der Waals surface area contributed by atoms with Crippen molar-refractivity contribution in [2.75, 3.05) is 6.54 Å². The van der Waals surface area contributed by atoms with Crippen LogP contribution in [0.1, 0.15) is 24.0 Å². The minimum atomic E-state index is -4.47. The Hall–Kier alpha value is -2.50. The number of aromatic nitrogens is 1. The number of fused-ring (bicyclic) bond motifs is 2. The Balaban J connectivity index is 2.04. The van der Waals surface area contributed by atoms with E-state index < -0.39 is 11.7 Å². The number of alkyl halides is 3. The molecule has 1 heterocycles. The number of nitrogens with one attached hydrogen (secondary N) is 1. The molecule has 0 aliphatic heterocycles. The van der Waals surface area contributed by atoms with Gasteiger partial charge in [0.2, 0.25) is 0 Å². The molecule has 150 valence electrons. The molecule has 0 saturated heterocycles. The number of aryl methyl sites for hydroxylation is 1. The van der Waals surface area contributed by atoms with Gasteiger partial charge in [-0.05, 0) is 54.3 Å². The maximum absolute atomic E-state index is 13.7. The molecular weight excluding hydrogens is 397 g/mol. The summed E-state index contributed by atoms with van der Waals surface area (Å²) in [4.78, 5) is 3.08. The van der Waals surface area contributed by atoms with E-state index in [9.17, 15) is 13.2 Å². The van der Waals surface area contributed by atoms with Crippen LogP contribution in [0.15, 0.2) is 54.6 Å². The van der Waals surface area contributed by atoms with Gasteiger partial charge in [-0.15, -0.1) is 0 Å². The van der Waals surface area contributed by atoms with Crippen molar-refractivity contribution in [3.05, 3.63) is 70.7 Å². The number of H-pyrrole nitrogens is 1. The molecule has 0 unspecified atom stereocenters. The lowest BCUT2D eigenvalue weighted by atomic mass is 9.96. The third-order valence-corrected chi connectivity index (χ3v) is 5.57. The van der Waals surface area contributed by atoms with Crippen LogP contribution < -0.4 is 5.73 Å². The molecule has 0 spiro atoms. The van der Waals surface area contributed by atoms with Gasteiger partial charge in [0.25, 0.3) is 0 Å². The maximum Gasteiger partial charge on any atom is 0.418 e. The molecule has 0 amide bonds. The Labute approximate surface area is 171 Å². The predicted molar refractivity (Wildman–Crippen MR) is 113 cm³/mol. The molecule has 6 heteroatoms. The second-order valence-corrected chi connectivity index (χ2v) is 7.50. The van der Waals surface area contributed by atoms with Gasteiger partial charge in [-0.25, -0.2) is 0 Å². The fourth-order valence-corrected chi connectivity index (χ4v) is 4.20. The van der Waals surface area contributed by atoms with E-state index in [1.54, 1.807) is 0 Å². The van der Waals surface area contributed by atoms with Crippen molar-refractivity contribution in [2.45, 2.75) is 25.4 Å². The van der Waals surface area contributed by atoms with Gasteiger partial charge in [-0.3, -0.25) is 0 Å². The molecule has 0 aliphatic rings. The molecule has 3 N–H and O–H groups in total. The highest BCUT2D eigenvalue weighted by Crippen LogP contribution is 2.43. The summed E-state index contributed by atoms with van der Waals surface area (Å²) in [5.41, 5.74) is 7.33. The first-order chi connectivity index (χ1) is 13.9. The molecule has 0 atom stereocenters. The Kier molecular flexibility index (Phi) is 5.28. The summed E-state index contributed by atoms with van der Waals surface area (Å²) in [6.45, 7) is 0.535. The number of rotatable bonds is 5. The number of benzene rings is 3. The first-order valence-corrected chi connectivity index (χ1v) is 9.88. The molecular formula is C23H20ClF3N2. The summed E-state index contributed by atoms with van der Waals surface area (Å²) in [6.07, 6.45) is -2.32. The summed E-state index contributed by atoms with van der Waals surface area (Å²) >= 11 is 6.40. The molecule has 0 bridgehead atoms. The van der Waals surface area contributed by atoms with Gasteiger partial charge in [0.15, 0.2) is 0 Å². The SMILES string of the molecule is NCCCCc1c(-c2cccc3ccccc23)[nH]c2c(C(F)(F)F)ccc(Cl)c12. The van der Waals surface area contributed by atoms with Crippen molar-refractivity contribution >= 4 is 33.3 Å². The quantitative estimate of drug-likeness (QED) is 0.340. The second-order valence-electron chi connectivity index (χ2n) is 7.09. The third-order valence-electron chi connectivity index (χ3n) is 5.25. The van der Waals surface area contributed by atoms with Crippen LogP contribution in [0.3, 0.4) is 0 Å². The van der Waals surface area contributed by atoms with Gasteiger partial charge in [-0.1, -0.05) is 54.1 Å². The van der Waals surface area contributed by atoms with Crippen LogP contribution >= 0.6 is 11.6 Å². The lowest BCUT2D eigenvalue weighted by Crippen LogP contribution is -2.05. The van der Waals surface area contributed by atoms with Gasteiger partial charge in [0.05, 0.1) is 21.8 Å². The maximum atomic E-state index is 13.7. The van der Waals surface area contributed by atoms with E-state index in [4.69, 9.17) is 17.3 Å². The highest BCUT2D eigenvalue weighted by atomic mass is 35.5. The Morgan fingerprint density at radius 1 is 0.931 bits per heavy atom. The molecule has 0 aliphatic carbocycles. The zero-order valence-corrected chi connectivity index (χ0v) is 16.4. The van der Waals surface area contributed by atoms with E-state index in [1.807, 2.05) is 42.5 Å². The van der Waals surface area contributed by atoms with E-state index in [2.05, 4.69) is 4.98 Å². The van der Waals surface area contributed by atoms with Gasteiger partial charge < -0.3 is 10.7 Å². The summed E-state index contributed by atoms with van der Waals surface area (Å²) in [5.74, 6) is 0. The molecule has 2 nitrogen and oxygen atoms in total. The average molecular weight is 417 g/mol. The zero-order valence-electron chi connectivity index (χ0n) is 15.6. The second kappa shape index (κ2) is 7.73. The van der Waals surface area contributed by atoms with E-state index in [0.29, 0.717) is 29.1 Å². The van der Waals surface area contributed by atoms with Crippen molar-refractivity contribution in [3.8, 4) is 11.3 Å². The molecule has 3 aromatic carbocycles. The van der Waals surface area contributed by atoms with Crippen molar-refractivity contribution in [2.24, 2.45) is 5.73 Å². The van der Waals surface area contributed by atoms with Gasteiger partial charge in [-0.2, -0.15) is 13.2 Å². The Morgan fingerprint density at radius 2 is 1.69 bits per heavy atom. The number of nitrogens with two attached hydrogens (primary N) is 1. The average Bonchev–Trinajstić information content (AvgIpc) is 3.07. The number of hydrogen-bond donors (Lipinski definition) is 2. The molecule has 1 aromatic heterocycles. The van der Waals surface area contributed by atoms with Gasteiger partial charge >= 0.3 is 6.18 Å². The summed E-state index contributed by atoms with van der Waals surface area (Å²) in [6, 6.07) is 16.0. The van der Waals surface area contributed by atoms with Crippen molar-refractivity contribution in [1.82, 2.24) is 4.98 Å². The van der Waals surface area contributed by atoms with Gasteiger partial charge in [0, 0.05) is 10.9 Å². The van der Waals surface area contributed by atoms with E-state index in [-0.39, 0.29) is 5.52 Å². The Morgan fingerprint density at radius 3 is 2.45 bits per heavy atom. The minimum absolute atomic E-state index is 0.0377. The van der Waals surface area contributed by atoms with Gasteiger partial charge in [0.1, 0.15) is 0 Å². The van der Waals surface area contributed by atoms with E-state index >= 15 is 0 Å². The molecule has 4 rings (SSSR count). The lowest BCUT2D eigenvalue weighted by Gasteiger charge is -2.10. The standard InChI is InChI=1S/C23H20ClF3N2/c24-19-12-11-18(23(25,26)27)22-20(19)17(9-3-4-13-28)21(29-22)16-10-5-7-14-6-1-2-8-15(14)16/h1-2,5-8,10-12,29H,3-4,9,13,28H2. The van der Waals surface area contributed by atoms with Crippen LogP contribution in [0.2, 0.25) is 5.02 Å². The monoisotopic (exact) mass is 416 g/mol. The summed E-state index contributed by atoms with van der Waals surface area (Å²) in [5, 5.41) is 2.77. The summed E-state index contributed by atoms with van der Waals surface area (Å²) in [7, 11) is 0. The van der Waals surface area contributed by atoms with Crippen LogP contribution in [0.4, 0.5) is 13.2 Å². The third kappa shape index (κ3) is 3.61. The normalized spacial score (nSPS) is 12.2. The topological polar surface area (TPSA) is 41.8 Å². The highest BCUT2D eigenvalue weighted by Gasteiger charge is 2.34. The molecule has 4 aromatic rings. The number of unbranched alkanes of at least 4 members (excludes halogenated alkanes) is 1. The van der Waals surface area contributed by atoms with Crippen LogP contribution in [-0.4, -0.2) is 11.5 Å². The van der Waals surface area contributed by atoms with Crippen LogP contribution in [-0.2, 0) is 12.6 Å². The van der Waals surface area contributed by atoms with E-state index in [1.165, 1.54) is 6.07 Å². The molecule has 29 heavy (non-hydrogen) atoms. The van der Waals surface area contributed by atoms with Crippen molar-refractivity contribution in [1.29, 1.82) is 0 Å². The number of halogens is 4. The van der Waals surface area contributed by atoms with Crippen LogP contribution in [0.5, 0.6) is 0 Å². The van der Waals surface area contributed by atoms with E-state index in [0.717, 1.165) is 40.8 Å². The smallest absolute Gasteiger partial charge is 0.354 e.